The molecule has 0 spiro atoms. The largest absolute Gasteiger partial charge is 0.355 e. The van der Waals surface area contributed by atoms with Gasteiger partial charge in [0.2, 0.25) is 5.91 Å². The molecule has 1 saturated heterocycles. The Morgan fingerprint density at radius 2 is 2.19 bits per heavy atom. The number of nitrogens with zero attached hydrogens (tertiary/aromatic N) is 4. The van der Waals surface area contributed by atoms with Gasteiger partial charge < -0.3 is 14.7 Å². The molecule has 1 aliphatic rings. The number of piperidine rings is 1. The maximum atomic E-state index is 13.7. The molecular weight excluding hydrogens is 349 g/mol. The van der Waals surface area contributed by atoms with Crippen molar-refractivity contribution in [2.75, 3.05) is 23.3 Å². The van der Waals surface area contributed by atoms with E-state index in [2.05, 4.69) is 25.3 Å². The molecule has 7 nitrogen and oxygen atoms in total. The summed E-state index contributed by atoms with van der Waals surface area (Å²) in [6, 6.07) is 4.72. The molecule has 0 radical (unpaired) electrons. The predicted octanol–water partition coefficient (Wildman–Crippen LogP) is 3.23. The van der Waals surface area contributed by atoms with Crippen LogP contribution < -0.4 is 10.2 Å². The van der Waals surface area contributed by atoms with Gasteiger partial charge in [-0.2, -0.15) is 4.98 Å². The van der Waals surface area contributed by atoms with E-state index in [1.165, 1.54) is 12.4 Å². The van der Waals surface area contributed by atoms with Gasteiger partial charge in [-0.3, -0.25) is 4.79 Å². The summed E-state index contributed by atoms with van der Waals surface area (Å²) in [6.07, 6.45) is 3.07. The van der Waals surface area contributed by atoms with Gasteiger partial charge in [-0.1, -0.05) is 11.2 Å². The zero-order valence-corrected chi connectivity index (χ0v) is 15.2. The minimum atomic E-state index is -0.329. The number of aryl methyl sites for hydroxylation is 2. The summed E-state index contributed by atoms with van der Waals surface area (Å²) in [5.74, 6) is 0.0746. The van der Waals surface area contributed by atoms with Gasteiger partial charge in [0, 0.05) is 18.8 Å². The number of benzene rings is 1. The Labute approximate surface area is 155 Å². The van der Waals surface area contributed by atoms with Crippen LogP contribution >= 0.6 is 0 Å². The van der Waals surface area contributed by atoms with E-state index in [0.29, 0.717) is 23.5 Å². The molecule has 4 rings (SSSR count). The smallest absolute Gasteiger partial charge is 0.263 e. The van der Waals surface area contributed by atoms with Crippen LogP contribution in [0.5, 0.6) is 0 Å². The fourth-order valence-corrected chi connectivity index (χ4v) is 3.44. The first-order chi connectivity index (χ1) is 13.0. The van der Waals surface area contributed by atoms with Crippen LogP contribution in [0, 0.1) is 25.6 Å². The van der Waals surface area contributed by atoms with Gasteiger partial charge >= 0.3 is 0 Å². The highest BCUT2D eigenvalue weighted by atomic mass is 19.1. The van der Waals surface area contributed by atoms with E-state index in [0.717, 1.165) is 36.3 Å². The summed E-state index contributed by atoms with van der Waals surface area (Å²) in [4.78, 5) is 23.3. The monoisotopic (exact) mass is 369 g/mol. The molecule has 0 bridgehead atoms. The minimum absolute atomic E-state index is 0.115. The SMILES string of the molecule is Cc1ccc(NC(=O)[C@H]2CCCN(c3ncnc4onc(C)c34)C2)cc1F. The van der Waals surface area contributed by atoms with E-state index in [9.17, 15) is 9.18 Å². The molecule has 1 aromatic carbocycles. The molecule has 0 saturated carbocycles. The quantitative estimate of drug-likeness (QED) is 0.763. The van der Waals surface area contributed by atoms with Crippen LogP contribution in [0.15, 0.2) is 29.0 Å². The number of fused-ring (bicyclic) bond motifs is 1. The van der Waals surface area contributed by atoms with Gasteiger partial charge in [0.25, 0.3) is 5.71 Å². The molecule has 0 unspecified atom stereocenters. The van der Waals surface area contributed by atoms with E-state index < -0.39 is 0 Å². The van der Waals surface area contributed by atoms with Gasteiger partial charge in [-0.05, 0) is 44.4 Å². The number of halogens is 1. The lowest BCUT2D eigenvalue weighted by Gasteiger charge is -2.33. The number of hydrogen-bond donors (Lipinski definition) is 1. The standard InChI is InChI=1S/C19H20FN5O2/c1-11-5-6-14(8-15(11)20)23-18(26)13-4-3-7-25(9-13)17-16-12(2)24-27-19(16)22-10-21-17/h5-6,8,10,13H,3-4,7,9H2,1-2H3,(H,23,26)/t13-/m0/s1. The van der Waals surface area contributed by atoms with Crippen LogP contribution in [0.1, 0.15) is 24.1 Å². The topological polar surface area (TPSA) is 84.2 Å². The Morgan fingerprint density at radius 1 is 1.33 bits per heavy atom. The first-order valence-corrected chi connectivity index (χ1v) is 8.92. The molecule has 140 valence electrons. The molecule has 1 atom stereocenters. The van der Waals surface area contributed by atoms with Gasteiger partial charge in [0.1, 0.15) is 23.3 Å². The summed E-state index contributed by atoms with van der Waals surface area (Å²) in [6.45, 7) is 4.85. The second kappa shape index (κ2) is 6.94. The van der Waals surface area contributed by atoms with Crippen molar-refractivity contribution in [1.82, 2.24) is 15.1 Å². The lowest BCUT2D eigenvalue weighted by Crippen LogP contribution is -2.41. The van der Waals surface area contributed by atoms with E-state index in [-0.39, 0.29) is 17.6 Å². The van der Waals surface area contributed by atoms with Crippen molar-refractivity contribution >= 4 is 28.5 Å². The Bertz CT molecular complexity index is 1000. The van der Waals surface area contributed by atoms with Crippen LogP contribution in [0.2, 0.25) is 0 Å². The third kappa shape index (κ3) is 3.34. The average Bonchev–Trinajstić information content (AvgIpc) is 3.06. The number of aromatic nitrogens is 3. The first-order valence-electron chi connectivity index (χ1n) is 8.92. The van der Waals surface area contributed by atoms with Gasteiger partial charge in [-0.15, -0.1) is 0 Å². The number of carbonyl (C=O) groups excluding carboxylic acids is 1. The molecule has 0 aliphatic carbocycles. The number of hydrogen-bond acceptors (Lipinski definition) is 6. The normalized spacial score (nSPS) is 17.3. The maximum absolute atomic E-state index is 13.7. The van der Waals surface area contributed by atoms with Crippen molar-refractivity contribution in [3.8, 4) is 0 Å². The van der Waals surface area contributed by atoms with E-state index in [1.807, 2.05) is 6.92 Å². The first kappa shape index (κ1) is 17.4. The Morgan fingerprint density at radius 3 is 3.00 bits per heavy atom. The zero-order valence-electron chi connectivity index (χ0n) is 15.2. The lowest BCUT2D eigenvalue weighted by molar-refractivity contribution is -0.120. The Balaban J connectivity index is 1.53. The van der Waals surface area contributed by atoms with Crippen molar-refractivity contribution in [3.63, 3.8) is 0 Å². The summed E-state index contributed by atoms with van der Waals surface area (Å²) in [7, 11) is 0. The molecule has 1 aliphatic heterocycles. The van der Waals surface area contributed by atoms with Crippen LogP contribution in [-0.2, 0) is 4.79 Å². The number of carbonyl (C=O) groups is 1. The molecule has 27 heavy (non-hydrogen) atoms. The third-order valence-electron chi connectivity index (χ3n) is 4.95. The molecule has 1 amide bonds. The highest BCUT2D eigenvalue weighted by Gasteiger charge is 2.28. The highest BCUT2D eigenvalue weighted by molar-refractivity contribution is 5.93. The summed E-state index contributed by atoms with van der Waals surface area (Å²) in [5.41, 5.74) is 2.19. The second-order valence-corrected chi connectivity index (χ2v) is 6.88. The lowest BCUT2D eigenvalue weighted by atomic mass is 9.96. The van der Waals surface area contributed by atoms with E-state index >= 15 is 0 Å². The summed E-state index contributed by atoms with van der Waals surface area (Å²) < 4.78 is 18.9. The van der Waals surface area contributed by atoms with Crippen molar-refractivity contribution in [3.05, 3.63) is 41.6 Å². The van der Waals surface area contributed by atoms with Crippen molar-refractivity contribution in [1.29, 1.82) is 0 Å². The number of anilines is 2. The second-order valence-electron chi connectivity index (χ2n) is 6.88. The molecule has 8 heteroatoms. The van der Waals surface area contributed by atoms with E-state index in [4.69, 9.17) is 4.52 Å². The molecule has 1 fully saturated rings. The molecule has 1 N–H and O–H groups in total. The zero-order chi connectivity index (χ0) is 19.0. The van der Waals surface area contributed by atoms with Gasteiger partial charge in [0.15, 0.2) is 0 Å². The number of rotatable bonds is 3. The number of amides is 1. The van der Waals surface area contributed by atoms with Gasteiger partial charge in [0.05, 0.1) is 11.6 Å². The van der Waals surface area contributed by atoms with Crippen LogP contribution in [0.25, 0.3) is 11.1 Å². The molecule has 3 aromatic rings. The fourth-order valence-electron chi connectivity index (χ4n) is 3.44. The minimum Gasteiger partial charge on any atom is -0.355 e. The Hall–Kier alpha value is -3.03. The Kier molecular flexibility index (Phi) is 4.47. The van der Waals surface area contributed by atoms with Crippen LogP contribution in [0.4, 0.5) is 15.9 Å². The van der Waals surface area contributed by atoms with Crippen molar-refractivity contribution in [2.45, 2.75) is 26.7 Å². The van der Waals surface area contributed by atoms with Gasteiger partial charge in [-0.25, -0.2) is 9.37 Å². The predicted molar refractivity (Wildman–Crippen MR) is 99.0 cm³/mol. The van der Waals surface area contributed by atoms with Crippen LogP contribution in [-0.4, -0.2) is 34.1 Å². The van der Waals surface area contributed by atoms with Crippen molar-refractivity contribution in [2.24, 2.45) is 5.92 Å². The molecule has 2 aromatic heterocycles. The van der Waals surface area contributed by atoms with Crippen LogP contribution in [0.3, 0.4) is 0 Å². The molecular formula is C19H20FN5O2. The summed E-state index contributed by atoms with van der Waals surface area (Å²) in [5, 5.41) is 7.56. The fraction of sp³-hybridized carbons (Fsp3) is 0.368. The molecule has 3 heterocycles. The number of nitrogens with one attached hydrogen (secondary N) is 1. The highest BCUT2D eigenvalue weighted by Crippen LogP contribution is 2.29. The third-order valence-corrected chi connectivity index (χ3v) is 4.95. The average molecular weight is 369 g/mol. The van der Waals surface area contributed by atoms with Crippen molar-refractivity contribution < 1.29 is 13.7 Å². The maximum Gasteiger partial charge on any atom is 0.263 e. The van der Waals surface area contributed by atoms with E-state index in [1.54, 1.807) is 19.1 Å². The summed E-state index contributed by atoms with van der Waals surface area (Å²) >= 11 is 0.